The van der Waals surface area contributed by atoms with Crippen molar-refractivity contribution in [2.24, 2.45) is 0 Å². The van der Waals surface area contributed by atoms with Crippen LogP contribution < -0.4 is 16.0 Å². The van der Waals surface area contributed by atoms with Gasteiger partial charge in [-0.3, -0.25) is 19.8 Å². The molecular formula is C18H34N4O4. The molecule has 0 aromatic heterocycles. The van der Waals surface area contributed by atoms with Crippen LogP contribution in [0.15, 0.2) is 0 Å². The van der Waals surface area contributed by atoms with Crippen molar-refractivity contribution in [2.45, 2.75) is 76.4 Å². The second-order valence-corrected chi connectivity index (χ2v) is 7.65. The Balaban J connectivity index is 1.71. The van der Waals surface area contributed by atoms with E-state index in [1.807, 2.05) is 20.8 Å². The lowest BCUT2D eigenvalue weighted by atomic mass is 10.1. The minimum Gasteiger partial charge on any atom is -0.391 e. The maximum Gasteiger partial charge on any atom is 0.237 e. The van der Waals surface area contributed by atoms with Crippen LogP contribution in [0.25, 0.3) is 0 Å². The fourth-order valence-corrected chi connectivity index (χ4v) is 3.61. The van der Waals surface area contributed by atoms with Gasteiger partial charge in [-0.05, 0) is 40.0 Å². The zero-order chi connectivity index (χ0) is 19.3. The van der Waals surface area contributed by atoms with Crippen LogP contribution in [0.4, 0.5) is 0 Å². The van der Waals surface area contributed by atoms with E-state index in [4.69, 9.17) is 4.74 Å². The number of aliphatic hydroxyl groups is 1. The fraction of sp³-hybridized carbons (Fsp3) is 0.889. The van der Waals surface area contributed by atoms with Crippen molar-refractivity contribution in [3.8, 4) is 0 Å². The van der Waals surface area contributed by atoms with Gasteiger partial charge in [0.05, 0.1) is 36.9 Å². The number of amides is 2. The molecule has 2 amide bonds. The van der Waals surface area contributed by atoms with Crippen LogP contribution in [-0.2, 0) is 14.3 Å². The Bertz CT molecular complexity index is 480. The Morgan fingerprint density at radius 2 is 1.92 bits per heavy atom. The number of hydrogen-bond acceptors (Lipinski definition) is 6. The molecule has 0 radical (unpaired) electrons. The Hall–Kier alpha value is -1.22. The van der Waals surface area contributed by atoms with Crippen LogP contribution in [0.1, 0.15) is 40.0 Å². The number of ether oxygens (including phenoxy) is 1. The minimum atomic E-state index is -0.578. The van der Waals surface area contributed by atoms with E-state index in [9.17, 15) is 14.7 Å². The first-order valence-corrected chi connectivity index (χ1v) is 9.63. The summed E-state index contributed by atoms with van der Waals surface area (Å²) >= 11 is 0. The van der Waals surface area contributed by atoms with Gasteiger partial charge in [0.1, 0.15) is 0 Å². The standard InChI is InChI=1S/C18H34N4O4/c1-11(2)20-18(25)14-9-16(23)15(21-14)10-26-13-5-7-22(8-6-13)12(3)17(24)19-4/h11-16,21,23H,5-10H2,1-4H3,(H,19,24)(H,20,25)/t12-,14-,15?,16-/m0/s1. The van der Waals surface area contributed by atoms with E-state index in [1.165, 1.54) is 0 Å². The highest BCUT2D eigenvalue weighted by molar-refractivity contribution is 5.82. The molecule has 26 heavy (non-hydrogen) atoms. The first-order valence-electron chi connectivity index (χ1n) is 9.63. The van der Waals surface area contributed by atoms with E-state index in [1.54, 1.807) is 7.05 Å². The highest BCUT2D eigenvalue weighted by Crippen LogP contribution is 2.19. The van der Waals surface area contributed by atoms with Gasteiger partial charge < -0.3 is 20.5 Å². The third kappa shape index (κ3) is 5.64. The molecule has 1 unspecified atom stereocenters. The second kappa shape index (κ2) is 9.64. The molecule has 0 aromatic rings. The number of nitrogens with zero attached hydrogens (tertiary/aromatic N) is 1. The molecule has 0 bridgehead atoms. The van der Waals surface area contributed by atoms with Gasteiger partial charge in [-0.2, -0.15) is 0 Å². The number of likely N-dealkylation sites (tertiary alicyclic amines) is 1. The molecule has 2 aliphatic rings. The summed E-state index contributed by atoms with van der Waals surface area (Å²) in [5, 5.41) is 18.9. The second-order valence-electron chi connectivity index (χ2n) is 7.65. The summed E-state index contributed by atoms with van der Waals surface area (Å²) < 4.78 is 5.98. The predicted molar refractivity (Wildman–Crippen MR) is 98.7 cm³/mol. The van der Waals surface area contributed by atoms with E-state index < -0.39 is 6.10 Å². The topological polar surface area (TPSA) is 103 Å². The molecule has 0 aliphatic carbocycles. The van der Waals surface area contributed by atoms with Gasteiger partial charge in [-0.15, -0.1) is 0 Å². The van der Waals surface area contributed by atoms with Gasteiger partial charge in [-0.25, -0.2) is 0 Å². The number of piperidine rings is 1. The largest absolute Gasteiger partial charge is 0.391 e. The molecule has 2 fully saturated rings. The Morgan fingerprint density at radius 3 is 2.50 bits per heavy atom. The van der Waals surface area contributed by atoms with Gasteiger partial charge in [0, 0.05) is 26.2 Å². The highest BCUT2D eigenvalue weighted by atomic mass is 16.5. The number of rotatable bonds is 7. The lowest BCUT2D eigenvalue weighted by molar-refractivity contribution is -0.126. The van der Waals surface area contributed by atoms with Gasteiger partial charge >= 0.3 is 0 Å². The smallest absolute Gasteiger partial charge is 0.237 e. The van der Waals surface area contributed by atoms with E-state index in [0.29, 0.717) is 13.0 Å². The maximum atomic E-state index is 12.1. The van der Waals surface area contributed by atoms with Crippen LogP contribution in [0.2, 0.25) is 0 Å². The van der Waals surface area contributed by atoms with E-state index >= 15 is 0 Å². The van der Waals surface area contributed by atoms with Gasteiger partial charge in [-0.1, -0.05) is 0 Å². The average molecular weight is 370 g/mol. The van der Waals surface area contributed by atoms with Crippen LogP contribution in [0, 0.1) is 0 Å². The van der Waals surface area contributed by atoms with Crippen molar-refractivity contribution in [3.63, 3.8) is 0 Å². The number of carbonyl (C=O) groups is 2. The molecule has 0 saturated carbocycles. The van der Waals surface area contributed by atoms with Crippen LogP contribution in [0.5, 0.6) is 0 Å². The van der Waals surface area contributed by atoms with Gasteiger partial charge in [0.2, 0.25) is 11.8 Å². The number of aliphatic hydroxyl groups excluding tert-OH is 1. The Labute approximate surface area is 156 Å². The molecule has 4 N–H and O–H groups in total. The first kappa shape index (κ1) is 21.1. The highest BCUT2D eigenvalue weighted by Gasteiger charge is 2.37. The normalized spacial score (nSPS) is 28.9. The number of carbonyl (C=O) groups excluding carboxylic acids is 2. The predicted octanol–water partition coefficient (Wildman–Crippen LogP) is -0.782. The average Bonchev–Trinajstić information content (AvgIpc) is 2.99. The molecule has 2 aliphatic heterocycles. The number of hydrogen-bond donors (Lipinski definition) is 4. The summed E-state index contributed by atoms with van der Waals surface area (Å²) in [7, 11) is 1.66. The first-order chi connectivity index (χ1) is 12.3. The molecule has 2 saturated heterocycles. The summed E-state index contributed by atoms with van der Waals surface area (Å²) in [5.41, 5.74) is 0. The minimum absolute atomic E-state index is 0.0355. The van der Waals surface area contributed by atoms with Crippen molar-refractivity contribution >= 4 is 11.8 Å². The SMILES string of the molecule is CNC(=O)[C@H](C)N1CCC(OCC2N[C@H](C(=O)NC(C)C)C[C@@H]2O)CC1. The lowest BCUT2D eigenvalue weighted by Crippen LogP contribution is -2.49. The summed E-state index contributed by atoms with van der Waals surface area (Å²) in [5.74, 6) is -0.0357. The molecule has 0 spiro atoms. The summed E-state index contributed by atoms with van der Waals surface area (Å²) in [6.45, 7) is 7.78. The van der Waals surface area contributed by atoms with Crippen molar-refractivity contribution in [1.29, 1.82) is 0 Å². The quantitative estimate of drug-likeness (QED) is 0.469. The van der Waals surface area contributed by atoms with Crippen molar-refractivity contribution in [2.75, 3.05) is 26.7 Å². The molecule has 0 aromatic carbocycles. The van der Waals surface area contributed by atoms with Crippen LogP contribution in [-0.4, -0.2) is 84.9 Å². The molecule has 8 nitrogen and oxygen atoms in total. The lowest BCUT2D eigenvalue weighted by Gasteiger charge is -2.35. The summed E-state index contributed by atoms with van der Waals surface area (Å²) in [4.78, 5) is 26.0. The fourth-order valence-electron chi connectivity index (χ4n) is 3.61. The molecular weight excluding hydrogens is 336 g/mol. The van der Waals surface area contributed by atoms with Crippen molar-refractivity contribution in [3.05, 3.63) is 0 Å². The van der Waals surface area contributed by atoms with E-state index in [0.717, 1.165) is 25.9 Å². The molecule has 2 heterocycles. The van der Waals surface area contributed by atoms with E-state index in [2.05, 4.69) is 20.9 Å². The molecule has 2 rings (SSSR count). The Kier molecular flexibility index (Phi) is 7.82. The molecule has 4 atom stereocenters. The summed E-state index contributed by atoms with van der Waals surface area (Å²) in [6, 6.07) is -0.629. The third-order valence-corrected chi connectivity index (χ3v) is 5.27. The van der Waals surface area contributed by atoms with Gasteiger partial charge in [0.25, 0.3) is 0 Å². The van der Waals surface area contributed by atoms with E-state index in [-0.39, 0.29) is 42.1 Å². The molecule has 150 valence electrons. The number of likely N-dealkylation sites (N-methyl/N-ethyl adjacent to an activating group) is 1. The van der Waals surface area contributed by atoms with Crippen molar-refractivity contribution in [1.82, 2.24) is 20.9 Å². The number of nitrogens with one attached hydrogen (secondary N) is 3. The van der Waals surface area contributed by atoms with Crippen molar-refractivity contribution < 1.29 is 19.4 Å². The Morgan fingerprint density at radius 1 is 1.27 bits per heavy atom. The maximum absolute atomic E-state index is 12.1. The van der Waals surface area contributed by atoms with Crippen LogP contribution in [0.3, 0.4) is 0 Å². The third-order valence-electron chi connectivity index (χ3n) is 5.27. The zero-order valence-electron chi connectivity index (χ0n) is 16.3. The summed E-state index contributed by atoms with van der Waals surface area (Å²) in [6.07, 6.45) is 1.68. The van der Waals surface area contributed by atoms with Gasteiger partial charge in [0.15, 0.2) is 0 Å². The zero-order valence-corrected chi connectivity index (χ0v) is 16.3. The monoisotopic (exact) mass is 370 g/mol. The van der Waals surface area contributed by atoms with Crippen LogP contribution >= 0.6 is 0 Å². The molecule has 8 heteroatoms.